The average Bonchev–Trinajstić information content (AvgIpc) is 2.77. The molecule has 2 aliphatic rings. The van der Waals surface area contributed by atoms with Crippen LogP contribution in [0.25, 0.3) is 0 Å². The molecule has 1 amide bonds. The SMILES string of the molecule is CSC1(CNC(=O)[C@@H]2CC[C@H](C(=O)O)O2)CCC1. The molecular weight excluding hydrogens is 254 g/mol. The van der Waals surface area contributed by atoms with Crippen molar-refractivity contribution in [1.29, 1.82) is 0 Å². The van der Waals surface area contributed by atoms with E-state index in [4.69, 9.17) is 9.84 Å². The third-order valence-electron chi connectivity index (χ3n) is 3.87. The summed E-state index contributed by atoms with van der Waals surface area (Å²) in [4.78, 5) is 22.6. The summed E-state index contributed by atoms with van der Waals surface area (Å²) in [7, 11) is 0. The van der Waals surface area contributed by atoms with E-state index in [1.165, 1.54) is 6.42 Å². The van der Waals surface area contributed by atoms with E-state index in [9.17, 15) is 9.59 Å². The number of carbonyl (C=O) groups excluding carboxylic acids is 1. The van der Waals surface area contributed by atoms with Crippen LogP contribution in [-0.4, -0.2) is 46.7 Å². The Kier molecular flexibility index (Phi) is 4.17. The summed E-state index contributed by atoms with van der Waals surface area (Å²) >= 11 is 1.80. The quantitative estimate of drug-likeness (QED) is 0.782. The minimum atomic E-state index is -0.982. The normalized spacial score (nSPS) is 29.6. The van der Waals surface area contributed by atoms with Gasteiger partial charge in [0.15, 0.2) is 6.10 Å². The number of carboxylic acid groups (broad SMARTS) is 1. The average molecular weight is 273 g/mol. The molecule has 0 aromatic heterocycles. The van der Waals surface area contributed by atoms with Gasteiger partial charge in [-0.2, -0.15) is 11.8 Å². The van der Waals surface area contributed by atoms with Gasteiger partial charge in [-0.1, -0.05) is 6.42 Å². The van der Waals surface area contributed by atoms with E-state index < -0.39 is 18.2 Å². The van der Waals surface area contributed by atoms with Crippen LogP contribution >= 0.6 is 11.8 Å². The highest BCUT2D eigenvalue weighted by atomic mass is 32.2. The molecule has 18 heavy (non-hydrogen) atoms. The molecule has 1 aliphatic heterocycles. The number of amides is 1. The fourth-order valence-electron chi connectivity index (χ4n) is 2.40. The van der Waals surface area contributed by atoms with Crippen LogP contribution in [0.4, 0.5) is 0 Å². The van der Waals surface area contributed by atoms with Gasteiger partial charge in [-0.05, 0) is 31.9 Å². The Labute approximate surface area is 111 Å². The predicted octanol–water partition coefficient (Wildman–Crippen LogP) is 1.02. The Morgan fingerprint density at radius 3 is 2.50 bits per heavy atom. The van der Waals surface area contributed by atoms with Crippen LogP contribution in [0, 0.1) is 0 Å². The lowest BCUT2D eigenvalue weighted by Crippen LogP contribution is -2.47. The first-order valence-corrected chi connectivity index (χ1v) is 7.50. The smallest absolute Gasteiger partial charge is 0.332 e. The molecule has 2 rings (SSSR count). The van der Waals surface area contributed by atoms with Gasteiger partial charge in [-0.3, -0.25) is 4.79 Å². The maximum atomic E-state index is 11.9. The van der Waals surface area contributed by atoms with Crippen molar-refractivity contribution in [3.05, 3.63) is 0 Å². The van der Waals surface area contributed by atoms with Gasteiger partial charge < -0.3 is 15.2 Å². The number of carbonyl (C=O) groups is 2. The molecule has 2 N–H and O–H groups in total. The number of nitrogens with one attached hydrogen (secondary N) is 1. The van der Waals surface area contributed by atoms with E-state index in [0.29, 0.717) is 19.4 Å². The van der Waals surface area contributed by atoms with Crippen molar-refractivity contribution in [1.82, 2.24) is 5.32 Å². The molecule has 2 atom stereocenters. The Bertz CT molecular complexity index is 337. The monoisotopic (exact) mass is 273 g/mol. The summed E-state index contributed by atoms with van der Waals surface area (Å²) in [6.45, 7) is 0.657. The third-order valence-corrected chi connectivity index (χ3v) is 5.29. The molecule has 1 heterocycles. The minimum absolute atomic E-state index is 0.168. The predicted molar refractivity (Wildman–Crippen MR) is 68.6 cm³/mol. The number of aliphatic carboxylic acids is 1. The summed E-state index contributed by atoms with van der Waals surface area (Å²) in [6.07, 6.45) is 5.06. The lowest BCUT2D eigenvalue weighted by atomic mass is 9.84. The van der Waals surface area contributed by atoms with E-state index >= 15 is 0 Å². The van der Waals surface area contributed by atoms with E-state index in [1.54, 1.807) is 11.8 Å². The highest BCUT2D eigenvalue weighted by Crippen LogP contribution is 2.42. The first-order valence-electron chi connectivity index (χ1n) is 6.27. The summed E-state index contributed by atoms with van der Waals surface area (Å²) < 4.78 is 5.41. The Morgan fingerprint density at radius 2 is 2.06 bits per heavy atom. The van der Waals surface area contributed by atoms with Gasteiger partial charge in [0.05, 0.1) is 0 Å². The van der Waals surface area contributed by atoms with Crippen LogP contribution in [-0.2, 0) is 14.3 Å². The zero-order valence-corrected chi connectivity index (χ0v) is 11.3. The highest BCUT2D eigenvalue weighted by molar-refractivity contribution is 8.00. The number of hydrogen-bond donors (Lipinski definition) is 2. The minimum Gasteiger partial charge on any atom is -0.479 e. The van der Waals surface area contributed by atoms with Gasteiger partial charge in [0, 0.05) is 11.3 Å². The van der Waals surface area contributed by atoms with Gasteiger partial charge in [-0.15, -0.1) is 0 Å². The standard InChI is InChI=1S/C12H19NO4S/c1-18-12(5-2-6-12)7-13-10(14)8-3-4-9(17-8)11(15)16/h8-9H,2-7H2,1H3,(H,13,14)(H,15,16)/t8-,9+/m0/s1. The molecule has 5 nitrogen and oxygen atoms in total. The van der Waals surface area contributed by atoms with Crippen molar-refractivity contribution in [2.75, 3.05) is 12.8 Å². The number of thioether (sulfide) groups is 1. The first-order chi connectivity index (χ1) is 8.56. The maximum Gasteiger partial charge on any atom is 0.332 e. The molecule has 6 heteroatoms. The van der Waals surface area contributed by atoms with Crippen molar-refractivity contribution >= 4 is 23.6 Å². The molecule has 0 spiro atoms. The second kappa shape index (κ2) is 5.48. The maximum absolute atomic E-state index is 11.9. The molecule has 0 unspecified atom stereocenters. The molecule has 0 aromatic carbocycles. The molecule has 0 radical (unpaired) electrons. The van der Waals surface area contributed by atoms with E-state index in [0.717, 1.165) is 12.8 Å². The highest BCUT2D eigenvalue weighted by Gasteiger charge is 2.39. The van der Waals surface area contributed by atoms with Crippen molar-refractivity contribution in [3.8, 4) is 0 Å². The van der Waals surface area contributed by atoms with Gasteiger partial charge in [0.2, 0.25) is 5.91 Å². The van der Waals surface area contributed by atoms with E-state index in [-0.39, 0.29) is 10.7 Å². The summed E-state index contributed by atoms with van der Waals surface area (Å²) in [5.74, 6) is -1.15. The van der Waals surface area contributed by atoms with Crippen molar-refractivity contribution < 1.29 is 19.4 Å². The molecule has 102 valence electrons. The first kappa shape index (κ1) is 13.7. The number of hydrogen-bond acceptors (Lipinski definition) is 4. The zero-order valence-electron chi connectivity index (χ0n) is 10.5. The second-order valence-electron chi connectivity index (χ2n) is 4.99. The molecule has 1 saturated carbocycles. The molecule has 0 aromatic rings. The van der Waals surface area contributed by atoms with Crippen LogP contribution in [0.5, 0.6) is 0 Å². The van der Waals surface area contributed by atoms with Crippen molar-refractivity contribution in [3.63, 3.8) is 0 Å². The van der Waals surface area contributed by atoms with Crippen molar-refractivity contribution in [2.24, 2.45) is 0 Å². The zero-order chi connectivity index (χ0) is 13.2. The molecule has 0 bridgehead atoms. The molecule has 2 fully saturated rings. The van der Waals surface area contributed by atoms with Crippen molar-refractivity contribution in [2.45, 2.75) is 49.1 Å². The number of rotatable bonds is 5. The molecular formula is C12H19NO4S. The van der Waals surface area contributed by atoms with Gasteiger partial charge in [0.25, 0.3) is 0 Å². The van der Waals surface area contributed by atoms with Crippen LogP contribution in [0.1, 0.15) is 32.1 Å². The van der Waals surface area contributed by atoms with Crippen LogP contribution in [0.15, 0.2) is 0 Å². The van der Waals surface area contributed by atoms with Gasteiger partial charge in [-0.25, -0.2) is 4.79 Å². The van der Waals surface area contributed by atoms with Gasteiger partial charge >= 0.3 is 5.97 Å². The fraction of sp³-hybridized carbons (Fsp3) is 0.833. The van der Waals surface area contributed by atoms with Crippen LogP contribution < -0.4 is 5.32 Å². The lowest BCUT2D eigenvalue weighted by Gasteiger charge is -2.40. The van der Waals surface area contributed by atoms with Crippen LogP contribution in [0.2, 0.25) is 0 Å². The van der Waals surface area contributed by atoms with Crippen LogP contribution in [0.3, 0.4) is 0 Å². The fourth-order valence-corrected chi connectivity index (χ4v) is 3.31. The summed E-state index contributed by atoms with van der Waals surface area (Å²) in [5, 5.41) is 11.7. The Hall–Kier alpha value is -0.750. The lowest BCUT2D eigenvalue weighted by molar-refractivity contribution is -0.151. The second-order valence-corrected chi connectivity index (χ2v) is 6.26. The summed E-state index contributed by atoms with van der Waals surface area (Å²) in [5.41, 5.74) is 0. The Morgan fingerprint density at radius 1 is 1.39 bits per heavy atom. The summed E-state index contributed by atoms with van der Waals surface area (Å²) in [6, 6.07) is 0. The Balaban J connectivity index is 1.77. The topological polar surface area (TPSA) is 75.6 Å². The third kappa shape index (κ3) is 2.80. The number of ether oxygens (including phenoxy) is 1. The van der Waals surface area contributed by atoms with E-state index in [2.05, 4.69) is 11.6 Å². The van der Waals surface area contributed by atoms with E-state index in [1.807, 2.05) is 0 Å². The molecule has 1 aliphatic carbocycles. The number of carboxylic acids is 1. The largest absolute Gasteiger partial charge is 0.479 e. The molecule has 1 saturated heterocycles. The van der Waals surface area contributed by atoms with Gasteiger partial charge in [0.1, 0.15) is 6.10 Å².